The Morgan fingerprint density at radius 3 is 2.37 bits per heavy atom. The maximum Gasteiger partial charge on any atom is 0.417 e. The molecule has 1 aromatic carbocycles. The lowest BCUT2D eigenvalue weighted by atomic mass is 10.1. The van der Waals surface area contributed by atoms with Crippen LogP contribution in [-0.2, 0) is 6.18 Å². The average molecular weight is 401 g/mol. The van der Waals surface area contributed by atoms with Crippen molar-refractivity contribution in [3.05, 3.63) is 58.4 Å². The second kappa shape index (κ2) is 6.42. The molecule has 1 aliphatic rings. The molecule has 1 aliphatic heterocycles. The van der Waals surface area contributed by atoms with Crippen LogP contribution in [0.4, 0.5) is 26.3 Å². The molecule has 3 rings (SSSR count). The molecule has 1 aromatic heterocycles. The molecular weight excluding hydrogens is 392 g/mol. The SMILES string of the molecule is CN1C=C(C(F)(F)F)C=C/C1=C(/C#N)c1nc2cc(C(F)(F)F)ccc2s1. The zero-order chi connectivity index (χ0) is 20.0. The van der Waals surface area contributed by atoms with Gasteiger partial charge >= 0.3 is 12.4 Å². The van der Waals surface area contributed by atoms with Crippen LogP contribution in [-0.4, -0.2) is 23.1 Å². The Morgan fingerprint density at radius 2 is 1.81 bits per heavy atom. The summed E-state index contributed by atoms with van der Waals surface area (Å²) in [6.07, 6.45) is -6.26. The third-order valence-corrected chi connectivity index (χ3v) is 4.81. The topological polar surface area (TPSA) is 39.9 Å². The van der Waals surface area contributed by atoms with Crippen molar-refractivity contribution in [2.45, 2.75) is 12.4 Å². The van der Waals surface area contributed by atoms with Gasteiger partial charge in [-0.25, -0.2) is 4.98 Å². The highest BCUT2D eigenvalue weighted by molar-refractivity contribution is 7.19. The van der Waals surface area contributed by atoms with Crippen LogP contribution in [0.1, 0.15) is 10.6 Å². The maximum absolute atomic E-state index is 12.8. The summed E-state index contributed by atoms with van der Waals surface area (Å²) in [5.41, 5.74) is -1.55. The van der Waals surface area contributed by atoms with Crippen molar-refractivity contribution in [1.82, 2.24) is 9.88 Å². The maximum atomic E-state index is 12.8. The molecule has 0 radical (unpaired) electrons. The van der Waals surface area contributed by atoms with Crippen molar-refractivity contribution in [2.75, 3.05) is 7.05 Å². The summed E-state index contributed by atoms with van der Waals surface area (Å²) in [6.45, 7) is 0. The Labute approximate surface area is 153 Å². The van der Waals surface area contributed by atoms with Gasteiger partial charge in [-0.1, -0.05) is 0 Å². The van der Waals surface area contributed by atoms with Gasteiger partial charge in [0.25, 0.3) is 0 Å². The molecule has 27 heavy (non-hydrogen) atoms. The zero-order valence-electron chi connectivity index (χ0n) is 13.5. The van der Waals surface area contributed by atoms with Crippen LogP contribution in [0.3, 0.4) is 0 Å². The summed E-state index contributed by atoms with van der Waals surface area (Å²) in [6, 6.07) is 4.91. The minimum absolute atomic E-state index is 0.0269. The van der Waals surface area contributed by atoms with Gasteiger partial charge in [0, 0.05) is 13.2 Å². The highest BCUT2D eigenvalue weighted by atomic mass is 32.1. The lowest BCUT2D eigenvalue weighted by Crippen LogP contribution is -2.20. The molecule has 0 aliphatic carbocycles. The fourth-order valence-electron chi connectivity index (χ4n) is 2.46. The number of fused-ring (bicyclic) bond motifs is 1. The molecule has 0 fully saturated rings. The van der Waals surface area contributed by atoms with E-state index < -0.39 is 23.5 Å². The first-order valence-corrected chi connectivity index (χ1v) is 8.15. The predicted molar refractivity (Wildman–Crippen MR) is 88.2 cm³/mol. The molecule has 0 bridgehead atoms. The van der Waals surface area contributed by atoms with E-state index in [0.29, 0.717) is 4.70 Å². The summed E-state index contributed by atoms with van der Waals surface area (Å²) < 4.78 is 77.3. The molecule has 10 heteroatoms. The number of halogens is 6. The highest BCUT2D eigenvalue weighted by Crippen LogP contribution is 2.36. The van der Waals surface area contributed by atoms with Gasteiger partial charge in [0.15, 0.2) is 0 Å². The van der Waals surface area contributed by atoms with E-state index in [1.165, 1.54) is 13.1 Å². The van der Waals surface area contributed by atoms with E-state index in [-0.39, 0.29) is 21.8 Å². The molecule has 140 valence electrons. The lowest BCUT2D eigenvalue weighted by Gasteiger charge is -2.23. The monoisotopic (exact) mass is 401 g/mol. The zero-order valence-corrected chi connectivity index (χ0v) is 14.3. The number of aromatic nitrogens is 1. The number of nitrogens with zero attached hydrogens (tertiary/aromatic N) is 3. The number of hydrogen-bond acceptors (Lipinski definition) is 4. The molecule has 0 unspecified atom stereocenters. The van der Waals surface area contributed by atoms with Gasteiger partial charge in [-0.2, -0.15) is 31.6 Å². The van der Waals surface area contributed by atoms with Gasteiger partial charge in [-0.05, 0) is 30.4 Å². The first-order valence-electron chi connectivity index (χ1n) is 7.33. The second-order valence-corrected chi connectivity index (χ2v) is 6.63. The Balaban J connectivity index is 2.07. The Morgan fingerprint density at radius 1 is 1.11 bits per heavy atom. The molecule has 0 N–H and O–H groups in total. The van der Waals surface area contributed by atoms with E-state index in [1.807, 2.05) is 6.07 Å². The van der Waals surface area contributed by atoms with Crippen molar-refractivity contribution < 1.29 is 26.3 Å². The molecule has 0 spiro atoms. The van der Waals surface area contributed by atoms with Crippen LogP contribution >= 0.6 is 11.3 Å². The number of hydrogen-bond donors (Lipinski definition) is 0. The largest absolute Gasteiger partial charge is 0.417 e. The molecule has 0 atom stereocenters. The minimum Gasteiger partial charge on any atom is -0.349 e. The van der Waals surface area contributed by atoms with Gasteiger partial charge < -0.3 is 4.90 Å². The molecule has 0 amide bonds. The van der Waals surface area contributed by atoms with Gasteiger partial charge in [0.05, 0.1) is 27.1 Å². The van der Waals surface area contributed by atoms with Gasteiger partial charge in [0.1, 0.15) is 16.6 Å². The van der Waals surface area contributed by atoms with Crippen LogP contribution in [0.25, 0.3) is 15.8 Å². The fraction of sp³-hybridized carbons (Fsp3) is 0.176. The molecule has 0 saturated carbocycles. The standard InChI is InChI=1S/C17H9F6N3S/c1-26-8-10(17(21,22)23)2-4-13(26)11(7-24)15-25-12-6-9(16(18,19)20)3-5-14(12)27-15/h2-6,8H,1H3/b13-11+. The summed E-state index contributed by atoms with van der Waals surface area (Å²) in [5.74, 6) is 0. The average Bonchev–Trinajstić information content (AvgIpc) is 2.98. The Bertz CT molecular complexity index is 1030. The van der Waals surface area contributed by atoms with Gasteiger partial charge in [0.2, 0.25) is 0 Å². The summed E-state index contributed by atoms with van der Waals surface area (Å²) >= 11 is 0.989. The Kier molecular flexibility index (Phi) is 4.51. The number of alkyl halides is 6. The van der Waals surface area contributed by atoms with E-state index >= 15 is 0 Å². The van der Waals surface area contributed by atoms with Gasteiger partial charge in [-0.3, -0.25) is 0 Å². The van der Waals surface area contributed by atoms with Crippen molar-refractivity contribution in [2.24, 2.45) is 0 Å². The minimum atomic E-state index is -4.53. The fourth-order valence-corrected chi connectivity index (χ4v) is 3.41. The third kappa shape index (κ3) is 3.68. The van der Waals surface area contributed by atoms with Crippen molar-refractivity contribution in [1.29, 1.82) is 5.26 Å². The molecule has 2 heterocycles. The number of benzene rings is 1. The van der Waals surface area contributed by atoms with E-state index in [9.17, 15) is 31.6 Å². The number of thiazole rings is 1. The predicted octanol–water partition coefficient (Wildman–Crippen LogP) is 5.50. The van der Waals surface area contributed by atoms with Crippen molar-refractivity contribution >= 4 is 27.1 Å². The Hall–Kier alpha value is -2.80. The van der Waals surface area contributed by atoms with E-state index in [0.717, 1.165) is 46.7 Å². The second-order valence-electron chi connectivity index (χ2n) is 5.60. The summed E-state index contributed by atoms with van der Waals surface area (Å²) in [4.78, 5) is 5.20. The van der Waals surface area contributed by atoms with E-state index in [2.05, 4.69) is 4.98 Å². The summed E-state index contributed by atoms with van der Waals surface area (Å²) in [5, 5.41) is 9.59. The van der Waals surface area contributed by atoms with Crippen LogP contribution in [0.2, 0.25) is 0 Å². The van der Waals surface area contributed by atoms with E-state index in [1.54, 1.807) is 0 Å². The number of rotatable bonds is 1. The van der Waals surface area contributed by atoms with Crippen molar-refractivity contribution in [3.8, 4) is 6.07 Å². The van der Waals surface area contributed by atoms with Gasteiger partial charge in [-0.15, -0.1) is 11.3 Å². The highest BCUT2D eigenvalue weighted by Gasteiger charge is 2.34. The number of likely N-dealkylation sites (N-methyl/N-ethyl adjacent to an activating group) is 1. The quantitative estimate of drug-likeness (QED) is 0.468. The van der Waals surface area contributed by atoms with Crippen molar-refractivity contribution in [3.63, 3.8) is 0 Å². The normalized spacial score (nSPS) is 17.1. The molecular formula is C17H9F6N3S. The van der Waals surface area contributed by atoms with Crippen LogP contribution in [0.5, 0.6) is 0 Å². The van der Waals surface area contributed by atoms with Crippen LogP contribution in [0, 0.1) is 11.3 Å². The molecule has 2 aromatic rings. The van der Waals surface area contributed by atoms with Crippen LogP contribution in [0.15, 0.2) is 47.8 Å². The molecule has 3 nitrogen and oxygen atoms in total. The summed E-state index contributed by atoms with van der Waals surface area (Å²) in [7, 11) is 1.34. The van der Waals surface area contributed by atoms with Crippen LogP contribution < -0.4 is 0 Å². The smallest absolute Gasteiger partial charge is 0.349 e. The number of allylic oxidation sites excluding steroid dienone is 4. The third-order valence-electron chi connectivity index (χ3n) is 3.76. The first kappa shape index (κ1) is 19.0. The van der Waals surface area contributed by atoms with E-state index in [4.69, 9.17) is 0 Å². The first-order chi connectivity index (χ1) is 12.5. The number of nitriles is 1. The lowest BCUT2D eigenvalue weighted by molar-refractivity contribution is -0.137. The molecule has 0 saturated heterocycles.